The number of benzene rings is 1. The Labute approximate surface area is 131 Å². The number of unbranched alkanes of at least 4 members (excludes halogenated alkanes) is 5. The Morgan fingerprint density at radius 3 is 2.29 bits per heavy atom. The van der Waals surface area contributed by atoms with Crippen molar-refractivity contribution in [2.24, 2.45) is 0 Å². The van der Waals surface area contributed by atoms with E-state index in [0.717, 1.165) is 35.6 Å². The molecule has 0 aliphatic carbocycles. The van der Waals surface area contributed by atoms with Gasteiger partial charge in [0.1, 0.15) is 0 Å². The van der Waals surface area contributed by atoms with E-state index in [1.807, 2.05) is 6.07 Å². The second-order valence-electron chi connectivity index (χ2n) is 5.08. The van der Waals surface area contributed by atoms with Gasteiger partial charge in [0.25, 0.3) is 14.0 Å². The van der Waals surface area contributed by atoms with Gasteiger partial charge < -0.3 is 0 Å². The molecule has 0 saturated carbocycles. The van der Waals surface area contributed by atoms with E-state index in [9.17, 15) is 13.2 Å². The fourth-order valence-corrected chi connectivity index (χ4v) is 4.57. The lowest BCUT2D eigenvalue weighted by Gasteiger charge is -2.03. The number of hydrogen-bond acceptors (Lipinski definition) is 4. The van der Waals surface area contributed by atoms with Gasteiger partial charge in [-0.15, -0.1) is 0 Å². The first kappa shape index (κ1) is 18.2. The maximum absolute atomic E-state index is 11.9. The van der Waals surface area contributed by atoms with E-state index in [2.05, 4.69) is 6.92 Å². The van der Waals surface area contributed by atoms with Crippen molar-refractivity contribution in [3.63, 3.8) is 0 Å². The third-order valence-electron chi connectivity index (χ3n) is 3.21. The highest BCUT2D eigenvalue weighted by molar-refractivity contribution is 8.77. The minimum Gasteiger partial charge on any atom is -0.280 e. The lowest BCUT2D eigenvalue weighted by Crippen LogP contribution is -2.14. The Balaban J connectivity index is 2.28. The van der Waals surface area contributed by atoms with Crippen LogP contribution in [0.5, 0.6) is 0 Å². The average Bonchev–Trinajstić information content (AvgIpc) is 2.47. The molecule has 0 bridgehead atoms. The summed E-state index contributed by atoms with van der Waals surface area (Å²) in [4.78, 5) is 11.8. The Kier molecular flexibility index (Phi) is 8.69. The molecule has 0 aliphatic rings. The van der Waals surface area contributed by atoms with Gasteiger partial charge in [-0.2, -0.15) is 0 Å². The molecule has 1 aromatic rings. The Morgan fingerprint density at radius 1 is 1.00 bits per heavy atom. The maximum Gasteiger partial charge on any atom is 0.263 e. The fourth-order valence-electron chi connectivity index (χ4n) is 1.97. The van der Waals surface area contributed by atoms with Crippen LogP contribution in [0, 0.1) is 0 Å². The summed E-state index contributed by atoms with van der Waals surface area (Å²) in [5, 5.41) is -0.690. The van der Waals surface area contributed by atoms with Crippen LogP contribution in [0.1, 0.15) is 51.0 Å². The highest BCUT2D eigenvalue weighted by Crippen LogP contribution is 2.19. The average molecular weight is 328 g/mol. The standard InChI is InChI=1S/C16H24O3S2/c1-2-3-4-5-6-10-13-20-21(18,19)16(17)14-15-11-8-7-9-12-15/h7-9,11-12H,2-6,10,13-14H2,1H3. The lowest BCUT2D eigenvalue weighted by molar-refractivity contribution is -0.111. The van der Waals surface area contributed by atoms with Crippen LogP contribution in [-0.2, 0) is 20.1 Å². The van der Waals surface area contributed by atoms with Gasteiger partial charge in [-0.25, -0.2) is 8.42 Å². The third-order valence-corrected chi connectivity index (χ3v) is 6.66. The highest BCUT2D eigenvalue weighted by atomic mass is 33.1. The van der Waals surface area contributed by atoms with Gasteiger partial charge in [-0.3, -0.25) is 4.79 Å². The molecule has 0 fully saturated rings. The fraction of sp³-hybridized carbons (Fsp3) is 0.562. The SMILES string of the molecule is CCCCCCCCSS(=O)(=O)C(=O)Cc1ccccc1. The van der Waals surface area contributed by atoms with E-state index in [0.29, 0.717) is 5.75 Å². The molecule has 0 aliphatic heterocycles. The van der Waals surface area contributed by atoms with Crippen LogP contribution >= 0.6 is 10.8 Å². The van der Waals surface area contributed by atoms with Crippen molar-refractivity contribution in [3.8, 4) is 0 Å². The van der Waals surface area contributed by atoms with E-state index in [1.165, 1.54) is 19.3 Å². The van der Waals surface area contributed by atoms with Crippen LogP contribution in [0.2, 0.25) is 0 Å². The molecule has 0 atom stereocenters. The number of hydrogen-bond donors (Lipinski definition) is 0. The van der Waals surface area contributed by atoms with Gasteiger partial charge in [0.2, 0.25) is 0 Å². The smallest absolute Gasteiger partial charge is 0.263 e. The van der Waals surface area contributed by atoms with Gasteiger partial charge in [0.15, 0.2) is 0 Å². The minimum absolute atomic E-state index is 0.0350. The van der Waals surface area contributed by atoms with E-state index >= 15 is 0 Å². The Morgan fingerprint density at radius 2 is 1.62 bits per heavy atom. The van der Waals surface area contributed by atoms with E-state index < -0.39 is 14.0 Å². The normalized spacial score (nSPS) is 11.5. The van der Waals surface area contributed by atoms with Crippen molar-refractivity contribution in [1.82, 2.24) is 0 Å². The zero-order valence-electron chi connectivity index (χ0n) is 12.6. The molecule has 0 unspecified atom stereocenters. The van der Waals surface area contributed by atoms with Crippen LogP contribution in [0.15, 0.2) is 30.3 Å². The van der Waals surface area contributed by atoms with Crippen LogP contribution in [0.25, 0.3) is 0 Å². The molecule has 0 amide bonds. The second-order valence-corrected chi connectivity index (χ2v) is 9.11. The summed E-state index contributed by atoms with van der Waals surface area (Å²) in [5.74, 6) is 0.509. The number of carbonyl (C=O) groups excluding carboxylic acids is 1. The molecule has 0 saturated heterocycles. The first-order chi connectivity index (χ1) is 10.1. The molecule has 0 aromatic heterocycles. The number of rotatable bonds is 10. The van der Waals surface area contributed by atoms with Crippen molar-refractivity contribution in [3.05, 3.63) is 35.9 Å². The largest absolute Gasteiger partial charge is 0.280 e. The van der Waals surface area contributed by atoms with Gasteiger partial charge in [-0.1, -0.05) is 69.4 Å². The molecule has 21 heavy (non-hydrogen) atoms. The summed E-state index contributed by atoms with van der Waals surface area (Å²) in [6, 6.07) is 8.99. The van der Waals surface area contributed by atoms with E-state index in [4.69, 9.17) is 0 Å². The lowest BCUT2D eigenvalue weighted by atomic mass is 10.1. The van der Waals surface area contributed by atoms with Crippen molar-refractivity contribution in [2.75, 3.05) is 5.75 Å². The molecule has 3 nitrogen and oxygen atoms in total. The minimum atomic E-state index is -3.68. The van der Waals surface area contributed by atoms with Crippen LogP contribution in [0.4, 0.5) is 0 Å². The highest BCUT2D eigenvalue weighted by Gasteiger charge is 2.22. The molecule has 0 spiro atoms. The molecule has 0 radical (unpaired) electrons. The molecule has 0 heterocycles. The summed E-state index contributed by atoms with van der Waals surface area (Å²) >= 11 is 0. The maximum atomic E-state index is 11.9. The molecular formula is C16H24O3S2. The zero-order chi connectivity index (χ0) is 15.6. The molecule has 5 heteroatoms. The predicted octanol–water partition coefficient (Wildman–Crippen LogP) is 4.18. The molecule has 118 valence electrons. The van der Waals surface area contributed by atoms with Crippen LogP contribution < -0.4 is 0 Å². The summed E-state index contributed by atoms with van der Waals surface area (Å²) < 4.78 is 23.8. The molecule has 1 aromatic carbocycles. The number of carbonyl (C=O) groups is 1. The Bertz CT molecular complexity index is 510. The summed E-state index contributed by atoms with van der Waals surface area (Å²) in [6.45, 7) is 2.17. The van der Waals surface area contributed by atoms with Crippen molar-refractivity contribution < 1.29 is 13.2 Å². The Hall–Kier alpha value is -0.810. The van der Waals surface area contributed by atoms with Crippen LogP contribution in [0.3, 0.4) is 0 Å². The second kappa shape index (κ2) is 10.0. The van der Waals surface area contributed by atoms with E-state index in [-0.39, 0.29) is 6.42 Å². The predicted molar refractivity (Wildman–Crippen MR) is 89.9 cm³/mol. The van der Waals surface area contributed by atoms with Gasteiger partial charge >= 0.3 is 0 Å². The molecule has 0 N–H and O–H groups in total. The monoisotopic (exact) mass is 328 g/mol. The van der Waals surface area contributed by atoms with Gasteiger partial charge in [-0.05, 0) is 22.8 Å². The quantitative estimate of drug-likeness (QED) is 0.477. The summed E-state index contributed by atoms with van der Waals surface area (Å²) in [6.07, 6.45) is 6.65. The third kappa shape index (κ3) is 7.67. The first-order valence-electron chi connectivity index (χ1n) is 7.52. The summed E-state index contributed by atoms with van der Waals surface area (Å²) in [7, 11) is -2.89. The topological polar surface area (TPSA) is 51.2 Å². The summed E-state index contributed by atoms with van der Waals surface area (Å²) in [5.41, 5.74) is 0.742. The van der Waals surface area contributed by atoms with Crippen molar-refractivity contribution in [2.45, 2.75) is 51.9 Å². The van der Waals surface area contributed by atoms with Gasteiger partial charge in [0.05, 0.1) is 0 Å². The molecular weight excluding hydrogens is 304 g/mol. The molecule has 1 rings (SSSR count). The first-order valence-corrected chi connectivity index (χ1v) is 10.5. The zero-order valence-corrected chi connectivity index (χ0v) is 14.2. The van der Waals surface area contributed by atoms with Gasteiger partial charge in [0, 0.05) is 12.2 Å². The van der Waals surface area contributed by atoms with Crippen molar-refractivity contribution in [1.29, 1.82) is 0 Å². The van der Waals surface area contributed by atoms with Crippen molar-refractivity contribution >= 4 is 24.8 Å². The van der Waals surface area contributed by atoms with Crippen LogP contribution in [-0.4, -0.2) is 19.3 Å². The van der Waals surface area contributed by atoms with E-state index in [1.54, 1.807) is 24.3 Å².